The van der Waals surface area contributed by atoms with E-state index in [1.807, 2.05) is 79.4 Å². The lowest BCUT2D eigenvalue weighted by Gasteiger charge is -2.15. The summed E-state index contributed by atoms with van der Waals surface area (Å²) in [5, 5.41) is 4.52. The lowest BCUT2D eigenvalue weighted by molar-refractivity contribution is 0.305. The van der Waals surface area contributed by atoms with Gasteiger partial charge in [0.2, 0.25) is 0 Å². The Morgan fingerprint density at radius 3 is 0.842 bits per heavy atom. The summed E-state index contributed by atoms with van der Waals surface area (Å²) in [5.74, 6) is 35.2. The van der Waals surface area contributed by atoms with Crippen LogP contribution in [0, 0.1) is 96.1 Å². The van der Waals surface area contributed by atoms with Crippen LogP contribution in [0.2, 0.25) is 0 Å². The van der Waals surface area contributed by atoms with Crippen LogP contribution in [0.25, 0.3) is 90.5 Å². The largest absolute Gasteiger partial charge is 0.493 e. The highest BCUT2D eigenvalue weighted by Crippen LogP contribution is 2.54. The molecular formula is C108H122O4S8. The summed E-state index contributed by atoms with van der Waals surface area (Å²) in [6.07, 6.45) is 65.2. The van der Waals surface area contributed by atoms with Gasteiger partial charge in [0.15, 0.2) is 0 Å². The molecule has 0 unspecified atom stereocenters. The van der Waals surface area contributed by atoms with Gasteiger partial charge in [-0.1, -0.05) is 234 Å². The molecule has 0 fully saturated rings. The van der Waals surface area contributed by atoms with E-state index in [1.54, 1.807) is 11.3 Å². The second-order valence-corrected chi connectivity index (χ2v) is 39.3. The molecule has 0 aliphatic carbocycles. The van der Waals surface area contributed by atoms with Crippen LogP contribution in [0.3, 0.4) is 0 Å². The topological polar surface area (TPSA) is 36.9 Å². The van der Waals surface area contributed by atoms with Gasteiger partial charge in [0.05, 0.1) is 13.2 Å². The van der Waals surface area contributed by atoms with E-state index in [0.29, 0.717) is 24.7 Å². The van der Waals surface area contributed by atoms with Crippen molar-refractivity contribution in [3.8, 4) is 210 Å². The molecule has 120 heavy (non-hydrogen) atoms. The summed E-state index contributed by atoms with van der Waals surface area (Å²) < 4.78 is 27.3. The van der Waals surface area contributed by atoms with Crippen LogP contribution < -0.4 is 18.9 Å². The SMILES string of the molecule is C#CC#CC#CC#COc1cc(-c2ccc(-c3sc(-c4cc(CCCCCCCC)c(-c5ccc(-c6cc(OCCCCCCCC)c(-c7ccc(-c8sccc8CCCCCCCC)s7)cc6OC#CC#CC#CC#C)s5)s4)cc3CCCCCCCC)s2)c(OCCCCCCCC)cc1-c1ccc(-c2sccc2CCCCCCCC)s1. The van der Waals surface area contributed by atoms with Gasteiger partial charge in [0, 0.05) is 126 Å². The molecule has 0 radical (unpaired) electrons. The van der Waals surface area contributed by atoms with Gasteiger partial charge in [-0.05, 0) is 230 Å². The molecule has 0 atom stereocenters. The van der Waals surface area contributed by atoms with Gasteiger partial charge in [-0.3, -0.25) is 0 Å². The number of ether oxygens (including phenoxy) is 4. The van der Waals surface area contributed by atoms with E-state index in [2.05, 4.69) is 233 Å². The first kappa shape index (κ1) is 94.0. The lowest BCUT2D eigenvalue weighted by atomic mass is 10.0. The third-order valence-corrected chi connectivity index (χ3v) is 31.3. The van der Waals surface area contributed by atoms with E-state index >= 15 is 0 Å². The Bertz CT molecular complexity index is 5260. The van der Waals surface area contributed by atoms with Crippen molar-refractivity contribution >= 4 is 90.7 Å². The second kappa shape index (κ2) is 55.0. The molecule has 0 saturated heterocycles. The molecule has 0 N–H and O–H groups in total. The maximum Gasteiger partial charge on any atom is 0.149 e. The van der Waals surface area contributed by atoms with Crippen LogP contribution in [-0.2, 0) is 25.7 Å². The normalized spacial score (nSPS) is 10.7. The zero-order valence-corrected chi connectivity index (χ0v) is 78.7. The standard InChI is InChI=1S/C108H122O4S8/c1-9-17-25-33-41-49-57-83-69-75-113-105(83)99-65-61-95(115-99)87-79-93(111-73-55-47-39-31-23-15-7)89(81-91(87)109-71-53-45-37-29-21-13-5)97-63-67-101(117-97)107-85(59-51-43-35-27-19-11-3)77-103(119-107)104-78-86(60-52-44-36-28-20-12-4)108(120-104)102-68-64-98(118-102)90-82-92(110-72-54-46-38-30-22-14-6)88(80-94(90)112-74-56-48-40-32-24-16-8)96-62-66-100(116-96)106-84(70-76-114-106)58-50-42-34-26-18-10-2/h5,8,61-70,75-82H,9-12,14-15,17-20,22-23,25-28,30-31,33-36,38-39,41-44,46-47,49-52,54-55,57-60,72-73H2,1-4,6-7H3. The molecule has 0 aliphatic heterocycles. The molecule has 0 saturated carbocycles. The Balaban J connectivity index is 1.04. The van der Waals surface area contributed by atoms with Crippen molar-refractivity contribution in [2.24, 2.45) is 0 Å². The molecule has 10 rings (SSSR count). The Hall–Kier alpha value is -8.28. The predicted molar refractivity (Wildman–Crippen MR) is 530 cm³/mol. The van der Waals surface area contributed by atoms with E-state index in [-0.39, 0.29) is 0 Å². The average Bonchev–Trinajstić information content (AvgIpc) is 1.68. The molecule has 10 aromatic rings. The van der Waals surface area contributed by atoms with Crippen LogP contribution in [0.5, 0.6) is 23.0 Å². The van der Waals surface area contributed by atoms with Gasteiger partial charge < -0.3 is 18.9 Å². The molecule has 626 valence electrons. The van der Waals surface area contributed by atoms with Crippen molar-refractivity contribution in [2.75, 3.05) is 13.2 Å². The number of benzene rings is 2. The van der Waals surface area contributed by atoms with Crippen molar-refractivity contribution in [1.29, 1.82) is 0 Å². The number of rotatable bonds is 55. The summed E-state index contributed by atoms with van der Waals surface area (Å²) in [7, 11) is 0. The minimum absolute atomic E-state index is 0.618. The van der Waals surface area contributed by atoms with Crippen molar-refractivity contribution in [3.63, 3.8) is 0 Å². The van der Waals surface area contributed by atoms with E-state index in [4.69, 9.17) is 31.8 Å². The van der Waals surface area contributed by atoms with Crippen molar-refractivity contribution in [1.82, 2.24) is 0 Å². The quantitative estimate of drug-likeness (QED) is 0.0281. The van der Waals surface area contributed by atoms with Crippen LogP contribution in [0.1, 0.15) is 295 Å². The Kier molecular flexibility index (Phi) is 43.0. The first-order valence-electron chi connectivity index (χ1n) is 45.0. The van der Waals surface area contributed by atoms with E-state index < -0.39 is 0 Å². The van der Waals surface area contributed by atoms with Crippen molar-refractivity contribution < 1.29 is 18.9 Å². The average molecular weight is 1740 g/mol. The smallest absolute Gasteiger partial charge is 0.149 e. The highest BCUT2D eigenvalue weighted by atomic mass is 32.1. The zero-order chi connectivity index (χ0) is 83.8. The van der Waals surface area contributed by atoms with Crippen molar-refractivity contribution in [2.45, 2.75) is 298 Å². The number of hydrogen-bond acceptors (Lipinski definition) is 12. The first-order valence-corrected chi connectivity index (χ1v) is 51.6. The molecule has 8 aromatic heterocycles. The molecule has 4 nitrogen and oxygen atoms in total. The summed E-state index contributed by atoms with van der Waals surface area (Å²) in [4.78, 5) is 17.5. The third kappa shape index (κ3) is 30.1. The summed E-state index contributed by atoms with van der Waals surface area (Å²) in [6.45, 7) is 15.0. The number of unbranched alkanes of at least 4 members (excludes halogenated alkanes) is 30. The minimum atomic E-state index is 0.618. The van der Waals surface area contributed by atoms with Gasteiger partial charge in [-0.25, -0.2) is 0 Å². The van der Waals surface area contributed by atoms with Crippen molar-refractivity contribution in [3.05, 3.63) is 130 Å². The Morgan fingerprint density at radius 1 is 0.242 bits per heavy atom. The molecule has 0 amide bonds. The number of aryl methyl sites for hydroxylation is 4. The number of hydrogen-bond donors (Lipinski definition) is 0. The predicted octanol–water partition coefficient (Wildman–Crippen LogP) is 34.2. The second-order valence-electron chi connectivity index (χ2n) is 31.1. The lowest BCUT2D eigenvalue weighted by Crippen LogP contribution is -2.00. The van der Waals surface area contributed by atoms with Gasteiger partial charge >= 0.3 is 0 Å². The summed E-state index contributed by atoms with van der Waals surface area (Å²) >= 11 is 14.9. The van der Waals surface area contributed by atoms with Crippen LogP contribution >= 0.6 is 90.7 Å². The summed E-state index contributed by atoms with van der Waals surface area (Å²) in [5.41, 5.74) is 9.56. The molecule has 0 aliphatic rings. The Morgan fingerprint density at radius 2 is 0.508 bits per heavy atom. The highest BCUT2D eigenvalue weighted by Gasteiger charge is 2.26. The van der Waals surface area contributed by atoms with E-state index in [0.717, 1.165) is 117 Å². The van der Waals surface area contributed by atoms with E-state index in [1.165, 1.54) is 264 Å². The van der Waals surface area contributed by atoms with E-state index in [9.17, 15) is 0 Å². The maximum absolute atomic E-state index is 7.07. The fourth-order valence-corrected chi connectivity index (χ4v) is 24.2. The summed E-state index contributed by atoms with van der Waals surface area (Å²) in [6, 6.07) is 36.9. The molecule has 0 spiro atoms. The molecule has 0 bridgehead atoms. The number of thiophene rings is 8. The fourth-order valence-electron chi connectivity index (χ4n) is 15.1. The molecule has 2 aromatic carbocycles. The van der Waals surface area contributed by atoms with Gasteiger partial charge in [0.1, 0.15) is 35.2 Å². The first-order chi connectivity index (χ1) is 59.3. The highest BCUT2D eigenvalue weighted by molar-refractivity contribution is 7.29. The monoisotopic (exact) mass is 1740 g/mol. The molecule has 12 heteroatoms. The molecular weight excluding hydrogens is 1620 g/mol. The van der Waals surface area contributed by atoms with Gasteiger partial charge in [-0.2, -0.15) is 0 Å². The number of terminal acetylenes is 2. The Labute approximate surface area is 754 Å². The zero-order valence-electron chi connectivity index (χ0n) is 72.1. The maximum atomic E-state index is 7.07. The molecule has 8 heterocycles. The van der Waals surface area contributed by atoms with Gasteiger partial charge in [-0.15, -0.1) is 104 Å². The van der Waals surface area contributed by atoms with Crippen LogP contribution in [0.15, 0.2) is 108 Å². The third-order valence-electron chi connectivity index (χ3n) is 21.7. The van der Waals surface area contributed by atoms with Crippen LogP contribution in [-0.4, -0.2) is 13.2 Å². The minimum Gasteiger partial charge on any atom is -0.493 e. The van der Waals surface area contributed by atoms with Gasteiger partial charge in [0.25, 0.3) is 0 Å². The fraction of sp³-hybridized carbons (Fsp3) is 0.444. The van der Waals surface area contributed by atoms with Crippen LogP contribution in [0.4, 0.5) is 0 Å².